The van der Waals surface area contributed by atoms with Crippen molar-refractivity contribution in [2.75, 3.05) is 20.2 Å². The van der Waals surface area contributed by atoms with Gasteiger partial charge in [-0.2, -0.15) is 0 Å². The fraction of sp³-hybridized carbons (Fsp3) is 0.734. The summed E-state index contributed by atoms with van der Waals surface area (Å²) in [6.45, 7) is 43.4. The molecule has 0 aromatic heterocycles. The number of carbonyl (C=O) groups excluding carboxylic acids is 7. The van der Waals surface area contributed by atoms with Crippen molar-refractivity contribution in [1.82, 2.24) is 10.2 Å². The molecule has 0 unspecified atom stereocenters. The number of aliphatic hydroxyl groups excluding tert-OH is 2. The number of amides is 1. The largest absolute Gasteiger partial charge is 1.00 e. The summed E-state index contributed by atoms with van der Waals surface area (Å²) in [7, 11) is 1.00. The van der Waals surface area contributed by atoms with Crippen LogP contribution in [0.15, 0.2) is 70.8 Å². The third kappa shape index (κ3) is 18.5. The summed E-state index contributed by atoms with van der Waals surface area (Å²) in [5.74, 6) is -0.870. The van der Waals surface area contributed by atoms with Gasteiger partial charge < -0.3 is 56.4 Å². The number of aliphatic carboxylic acids is 2. The number of allylic oxidation sites excluding steroid dienone is 2. The molecule has 18 atom stereocenters. The maximum atomic E-state index is 14.3. The Morgan fingerprint density at radius 3 is 1.32 bits per heavy atom. The normalized spacial score (nSPS) is 33.8. The minimum absolute atomic E-state index is 0. The van der Waals surface area contributed by atoms with Crippen molar-refractivity contribution in [3.05, 3.63) is 92.0 Å². The molecule has 8 fully saturated rings. The molecule has 0 radical (unpaired) electrons. The number of fused-ring (bicyclic) bond motifs is 14. The molecular weight excluding hydrogens is 1560 g/mol. The Balaban J connectivity index is 0.000000338. The second-order valence-corrected chi connectivity index (χ2v) is 42.1. The molecule has 24 heteroatoms. The van der Waals surface area contributed by atoms with Crippen LogP contribution >= 0.6 is 23.2 Å². The summed E-state index contributed by atoms with van der Waals surface area (Å²) < 4.78 is 18.6. The number of carboxylic acid groups (broad SMARTS) is 2. The third-order valence-corrected chi connectivity index (χ3v) is 33.5. The van der Waals surface area contributed by atoms with E-state index in [0.717, 1.165) is 126 Å². The van der Waals surface area contributed by atoms with Gasteiger partial charge in [0.1, 0.15) is 18.3 Å². The molecule has 12 rings (SSSR count). The first-order chi connectivity index (χ1) is 53.9. The predicted octanol–water partition coefficient (Wildman–Crippen LogP) is 11.4. The zero-order valence-electron chi connectivity index (χ0n) is 76.3. The van der Waals surface area contributed by atoms with Crippen molar-refractivity contribution in [3.63, 3.8) is 0 Å². The van der Waals surface area contributed by atoms with Crippen LogP contribution in [0.4, 0.5) is 0 Å². The van der Waals surface area contributed by atoms with Crippen LogP contribution in [0.5, 0.6) is 0 Å². The fourth-order valence-electron chi connectivity index (χ4n) is 26.8. The van der Waals surface area contributed by atoms with Crippen molar-refractivity contribution < 1.29 is 148 Å². The van der Waals surface area contributed by atoms with E-state index < -0.39 is 57.7 Å². The van der Waals surface area contributed by atoms with E-state index in [0.29, 0.717) is 72.6 Å². The van der Waals surface area contributed by atoms with Crippen LogP contribution in [-0.2, 0) is 75.3 Å². The van der Waals surface area contributed by atoms with Gasteiger partial charge in [-0.05, 0) is 262 Å². The van der Waals surface area contributed by atoms with Crippen molar-refractivity contribution in [3.8, 4) is 0 Å². The number of ketones is 2. The van der Waals surface area contributed by atoms with E-state index in [2.05, 4.69) is 107 Å². The van der Waals surface area contributed by atoms with E-state index in [-0.39, 0.29) is 189 Å². The number of benzene rings is 2. The van der Waals surface area contributed by atoms with Gasteiger partial charge in [0.25, 0.3) is 6.47 Å². The topological polar surface area (TPSA) is 310 Å². The molecule has 648 valence electrons. The molecule has 0 bridgehead atoms. The van der Waals surface area contributed by atoms with Gasteiger partial charge in [-0.1, -0.05) is 150 Å². The van der Waals surface area contributed by atoms with Crippen molar-refractivity contribution in [2.24, 2.45) is 112 Å². The van der Waals surface area contributed by atoms with Crippen molar-refractivity contribution in [1.29, 1.82) is 0 Å². The molecule has 118 heavy (non-hydrogen) atoms. The van der Waals surface area contributed by atoms with Gasteiger partial charge in [0.05, 0.1) is 29.8 Å². The molecule has 1 amide bonds. The molecular formula is C94H138Cl2N2Na2O18. The number of nitrogens with one attached hydrogen (secondary N) is 1. The van der Waals surface area contributed by atoms with Crippen molar-refractivity contribution in [2.45, 2.75) is 304 Å². The molecule has 0 spiro atoms. The Bertz CT molecular complexity index is 4090. The number of aliphatic hydroxyl groups is 2. The Labute approximate surface area is 758 Å². The van der Waals surface area contributed by atoms with Crippen LogP contribution < -0.4 is 69.7 Å². The molecule has 8 saturated carbocycles. The summed E-state index contributed by atoms with van der Waals surface area (Å²) in [5, 5.41) is 52.0. The van der Waals surface area contributed by atoms with Gasteiger partial charge >= 0.3 is 89.0 Å². The van der Waals surface area contributed by atoms with E-state index in [9.17, 15) is 53.7 Å². The summed E-state index contributed by atoms with van der Waals surface area (Å²) in [6, 6.07) is 15.2. The number of rotatable bonds is 22. The maximum Gasteiger partial charge on any atom is 1.00 e. The molecule has 0 heterocycles. The van der Waals surface area contributed by atoms with Crippen LogP contribution in [0.3, 0.4) is 0 Å². The van der Waals surface area contributed by atoms with Crippen LogP contribution in [0.1, 0.15) is 279 Å². The summed E-state index contributed by atoms with van der Waals surface area (Å²) in [4.78, 5) is 117. The Morgan fingerprint density at radius 1 is 0.568 bits per heavy atom. The number of carboxylic acids is 2. The van der Waals surface area contributed by atoms with E-state index in [1.54, 1.807) is 39.5 Å². The van der Waals surface area contributed by atoms with Gasteiger partial charge in [0, 0.05) is 91.7 Å². The number of halogens is 2. The van der Waals surface area contributed by atoms with E-state index >= 15 is 0 Å². The molecule has 2 aromatic carbocycles. The monoisotopic (exact) mass is 1700 g/mol. The third-order valence-electron chi connectivity index (χ3n) is 33.0. The summed E-state index contributed by atoms with van der Waals surface area (Å²) >= 11 is 12.3. The number of ether oxygens (including phenoxy) is 3. The first-order valence-electron chi connectivity index (χ1n) is 42.8. The van der Waals surface area contributed by atoms with Crippen LogP contribution in [0.2, 0.25) is 10.0 Å². The molecule has 2 aromatic rings. The van der Waals surface area contributed by atoms with E-state index in [1.807, 2.05) is 48.5 Å². The van der Waals surface area contributed by atoms with Gasteiger partial charge in [0.15, 0.2) is 11.6 Å². The van der Waals surface area contributed by atoms with E-state index in [4.69, 9.17) is 52.6 Å². The second kappa shape index (κ2) is 38.0. The number of Topliss-reactive ketones (excluding diaryl/α,β-unsaturated/α-hetero) is 2. The Kier molecular flexibility index (Phi) is 32.6. The van der Waals surface area contributed by atoms with Crippen LogP contribution in [0.25, 0.3) is 0 Å². The number of carbonyl (C=O) groups is 9. The molecule has 10 aliphatic rings. The fourth-order valence-corrected chi connectivity index (χ4v) is 27.1. The molecule has 20 nitrogen and oxygen atoms in total. The summed E-state index contributed by atoms with van der Waals surface area (Å²) in [5.41, 5.74) is 2.18. The minimum Gasteiger partial charge on any atom is -1.00 e. The van der Waals surface area contributed by atoms with Crippen LogP contribution in [-0.4, -0.2) is 124 Å². The number of nitrogens with zero attached hydrogens (tertiary/aromatic N) is 1. The minimum atomic E-state index is -1.18. The zero-order chi connectivity index (χ0) is 86.6. The van der Waals surface area contributed by atoms with Gasteiger partial charge in [-0.3, -0.25) is 43.2 Å². The molecule has 0 saturated heterocycles. The molecule has 0 aliphatic heterocycles. The SMILES string of the molecule is CC(=O)N(Cc1ccc(Cl)cc1)C[C@H](O)[C@@]12CC[C@]3(C)[C@H](CC[C@@H]4[C@@]5(C)CC[C@H](OC(=O)CC(C)(C)C(=O)O)C(C)(C)[C@@H]5CC[C@]43C)C1=C(C(C)C)C(=O)C2.CC(=O)O[C@@H](CNCc1ccc(Cl)cc1)[C@@]12CC[C@]3(C)[C@H](CC[C@@H]4[C@@]5(C)CC[C@H](OC(=O)CC(C)(C)C(=O)O)C(C)(C)[C@@H]5CC[C@]43C)C1=C(C(C)C)C(=O)C2.CO.O=CO[O-].[H-].[Na+].[Na+]. The number of hydrogen-bond acceptors (Lipinski definition) is 17. The second-order valence-electron chi connectivity index (χ2n) is 41.2. The van der Waals surface area contributed by atoms with Crippen molar-refractivity contribution >= 4 is 77.0 Å². The standard InChI is InChI=1S/2C46H66ClNO7.CH2O3.CH4O.2Na.H/c1-27(2)38-32(50)23-46(35(51)26-48(28(3)49)25-29-11-13-30(47)14-12-29)22-21-44(9)31(39(38)46)15-16-34-43(8)19-18-36(55-37(52)24-41(4,5)40(53)54)42(6,7)33(43)17-20-45(34,44)10;1-27(2)38-32(50)23-46(36(54-28(3)49)26-48-25-29-11-13-30(47)14-12-29)22-21-44(9)31(39(38)46)15-16-34-43(8)19-18-35(55-37(51)24-41(4,5)40(52)53)42(6,7)33(43)17-20-45(34,44)10;2-1-4-3;1-2;;;/h11-14,27,31,33-36,51H,15-26H2,1-10H3,(H,53,54);11-14,27,31,33-36,48H,15-26H2,1-10H3,(H,52,53);1,3H;2H,1H3;;;/q;;;;2*+1;-1/p-1/t2*31-,33+,34-,35+,36+,43+,44-,45-,46+;;;;;/m11...../s1. The number of esters is 3. The first-order valence-corrected chi connectivity index (χ1v) is 43.5. The predicted molar refractivity (Wildman–Crippen MR) is 444 cm³/mol. The first kappa shape index (κ1) is 101. The van der Waals surface area contributed by atoms with Gasteiger partial charge in [0.2, 0.25) is 5.91 Å². The Hall–Kier alpha value is -4.03. The van der Waals surface area contributed by atoms with Gasteiger partial charge in [-0.15, -0.1) is 0 Å². The molecule has 5 N–H and O–H groups in total. The zero-order valence-corrected chi connectivity index (χ0v) is 80.8. The maximum absolute atomic E-state index is 14.3. The average molecular weight is 1700 g/mol. The van der Waals surface area contributed by atoms with Crippen LogP contribution in [0, 0.1) is 112 Å². The smallest absolute Gasteiger partial charge is 1.00 e. The average Bonchev–Trinajstić information content (AvgIpc) is 1.67. The number of hydrogen-bond donors (Lipinski definition) is 5. The van der Waals surface area contributed by atoms with Gasteiger partial charge in [-0.25, -0.2) is 0 Å². The quantitative estimate of drug-likeness (QED) is 0.0183. The summed E-state index contributed by atoms with van der Waals surface area (Å²) in [6.07, 6.45) is 13.5. The van der Waals surface area contributed by atoms with E-state index in [1.165, 1.54) is 18.1 Å². The molecule has 10 aliphatic carbocycles. The Morgan fingerprint density at radius 2 is 0.949 bits per heavy atom.